The van der Waals surface area contributed by atoms with Gasteiger partial charge in [-0.15, -0.1) is 0 Å². The van der Waals surface area contributed by atoms with E-state index in [-0.39, 0.29) is 30.7 Å². The van der Waals surface area contributed by atoms with Crippen LogP contribution in [0.2, 0.25) is 0 Å². The maximum absolute atomic E-state index is 14.5. The second-order valence-electron chi connectivity index (χ2n) is 11.7. The molecule has 8 heteroatoms. The van der Waals surface area contributed by atoms with Gasteiger partial charge in [-0.05, 0) is 58.9 Å². The maximum Gasteiger partial charge on any atom is 0.337 e. The van der Waals surface area contributed by atoms with E-state index in [1.165, 1.54) is 19.2 Å². The van der Waals surface area contributed by atoms with Gasteiger partial charge in [0.05, 0.1) is 24.8 Å². The lowest BCUT2D eigenvalue weighted by molar-refractivity contribution is -0.151. The van der Waals surface area contributed by atoms with Crippen LogP contribution >= 0.6 is 0 Å². The number of hydrogen-bond donors (Lipinski definition) is 1. The summed E-state index contributed by atoms with van der Waals surface area (Å²) in [5, 5.41) is 0. The minimum atomic E-state index is -0.795. The highest BCUT2D eigenvalue weighted by molar-refractivity contribution is 5.91. The fraction of sp³-hybridized carbons (Fsp3) is 0.364. The minimum Gasteiger partial charge on any atom is -0.465 e. The smallest absolute Gasteiger partial charge is 0.337 e. The quantitative estimate of drug-likeness (QED) is 0.410. The van der Waals surface area contributed by atoms with E-state index in [1.54, 1.807) is 46.2 Å². The molecule has 1 aliphatic heterocycles. The monoisotopic (exact) mass is 559 g/mol. The molecule has 3 aromatic carbocycles. The highest BCUT2D eigenvalue weighted by atomic mass is 19.1. The van der Waals surface area contributed by atoms with Crippen LogP contribution in [0.4, 0.5) is 4.39 Å². The van der Waals surface area contributed by atoms with Gasteiger partial charge >= 0.3 is 5.97 Å². The van der Waals surface area contributed by atoms with Crippen LogP contribution in [0.1, 0.15) is 66.3 Å². The van der Waals surface area contributed by atoms with E-state index in [4.69, 9.17) is 10.5 Å². The topological polar surface area (TPSA) is 92.9 Å². The number of nitrogens with zero attached hydrogens (tertiary/aromatic N) is 2. The van der Waals surface area contributed by atoms with Crippen molar-refractivity contribution in [2.45, 2.75) is 65.3 Å². The number of carbonyl (C=O) groups is 3. The van der Waals surface area contributed by atoms with Crippen LogP contribution in [0.3, 0.4) is 0 Å². The average molecular weight is 560 g/mol. The van der Waals surface area contributed by atoms with Gasteiger partial charge in [0.25, 0.3) is 0 Å². The molecule has 1 aliphatic rings. The van der Waals surface area contributed by atoms with E-state index in [2.05, 4.69) is 0 Å². The minimum absolute atomic E-state index is 0.213. The van der Waals surface area contributed by atoms with Gasteiger partial charge in [-0.3, -0.25) is 9.59 Å². The van der Waals surface area contributed by atoms with Crippen molar-refractivity contribution in [3.8, 4) is 0 Å². The Morgan fingerprint density at radius 3 is 2.20 bits per heavy atom. The Morgan fingerprint density at radius 2 is 1.61 bits per heavy atom. The molecule has 1 heterocycles. The number of ether oxygens (including phenoxy) is 1. The fourth-order valence-electron chi connectivity index (χ4n) is 5.10. The van der Waals surface area contributed by atoms with Gasteiger partial charge in [-0.25, -0.2) is 9.18 Å². The van der Waals surface area contributed by atoms with E-state index >= 15 is 0 Å². The molecule has 216 valence electrons. The number of halogens is 1. The summed E-state index contributed by atoms with van der Waals surface area (Å²) in [6, 6.07) is 18.7. The molecule has 2 amide bonds. The fourth-order valence-corrected chi connectivity index (χ4v) is 5.10. The standard InChI is InChI=1S/C33H38FN3O4/c1-21(23-14-16-27(34)17-15-23)36(19-22-10-12-24(13-11-22)32(40)41-5)30(38)28-18-25-8-6-7-9-26(25)20-37(28)31(39)29(35)33(2,3)4/h6-17,21,28-29H,18-20,35H2,1-5H3. The van der Waals surface area contributed by atoms with Gasteiger partial charge in [0.15, 0.2) is 0 Å². The second kappa shape index (κ2) is 12.2. The zero-order valence-corrected chi connectivity index (χ0v) is 24.3. The van der Waals surface area contributed by atoms with E-state index in [0.29, 0.717) is 12.0 Å². The Morgan fingerprint density at radius 1 is 1.00 bits per heavy atom. The summed E-state index contributed by atoms with van der Waals surface area (Å²) in [5.74, 6) is -1.33. The zero-order chi connectivity index (χ0) is 29.9. The summed E-state index contributed by atoms with van der Waals surface area (Å²) in [6.45, 7) is 8.10. The van der Waals surface area contributed by atoms with E-state index in [1.807, 2.05) is 52.0 Å². The number of hydrogen-bond acceptors (Lipinski definition) is 5. The van der Waals surface area contributed by atoms with E-state index in [9.17, 15) is 18.8 Å². The van der Waals surface area contributed by atoms with Gasteiger partial charge in [0.2, 0.25) is 11.8 Å². The van der Waals surface area contributed by atoms with Crippen molar-refractivity contribution in [3.63, 3.8) is 0 Å². The first-order valence-corrected chi connectivity index (χ1v) is 13.8. The molecular weight excluding hydrogens is 521 g/mol. The molecule has 0 spiro atoms. The summed E-state index contributed by atoms with van der Waals surface area (Å²) in [4.78, 5) is 43.6. The Labute approximate surface area is 241 Å². The van der Waals surface area contributed by atoms with Crippen LogP contribution in [-0.2, 0) is 33.8 Å². The first kappa shape index (κ1) is 29.9. The number of nitrogens with two attached hydrogens (primary N) is 1. The Kier molecular flexibility index (Phi) is 8.92. The summed E-state index contributed by atoms with van der Waals surface area (Å²) in [7, 11) is 1.32. The van der Waals surface area contributed by atoms with Gasteiger partial charge in [-0.1, -0.05) is 69.3 Å². The molecule has 0 aromatic heterocycles. The number of fused-ring (bicyclic) bond motifs is 1. The van der Waals surface area contributed by atoms with Crippen molar-refractivity contribution in [3.05, 3.63) is 106 Å². The summed E-state index contributed by atoms with van der Waals surface area (Å²) in [6.07, 6.45) is 0.353. The molecule has 2 N–H and O–H groups in total. The van der Waals surface area contributed by atoms with Gasteiger partial charge in [0, 0.05) is 19.5 Å². The van der Waals surface area contributed by atoms with Crippen molar-refractivity contribution in [2.24, 2.45) is 11.1 Å². The van der Waals surface area contributed by atoms with Crippen LogP contribution in [0.15, 0.2) is 72.8 Å². The molecule has 0 saturated heterocycles. The zero-order valence-electron chi connectivity index (χ0n) is 24.3. The van der Waals surface area contributed by atoms with Crippen LogP contribution in [0.25, 0.3) is 0 Å². The van der Waals surface area contributed by atoms with E-state index < -0.39 is 29.5 Å². The van der Waals surface area contributed by atoms with Gasteiger partial charge in [-0.2, -0.15) is 0 Å². The lowest BCUT2D eigenvalue weighted by Crippen LogP contribution is -2.59. The van der Waals surface area contributed by atoms with Crippen LogP contribution in [-0.4, -0.2) is 46.8 Å². The number of methoxy groups -OCH3 is 1. The summed E-state index contributed by atoms with van der Waals surface area (Å²) >= 11 is 0. The largest absolute Gasteiger partial charge is 0.465 e. The molecule has 0 fully saturated rings. The third kappa shape index (κ3) is 6.65. The molecule has 7 nitrogen and oxygen atoms in total. The molecule has 0 radical (unpaired) electrons. The third-order valence-electron chi connectivity index (χ3n) is 7.85. The van der Waals surface area contributed by atoms with Crippen molar-refractivity contribution in [2.75, 3.05) is 7.11 Å². The molecule has 3 atom stereocenters. The number of benzene rings is 3. The molecule has 3 unspecified atom stereocenters. The highest BCUT2D eigenvalue weighted by Gasteiger charge is 2.41. The normalized spacial score (nSPS) is 16.4. The Bertz CT molecular complexity index is 1400. The third-order valence-corrected chi connectivity index (χ3v) is 7.85. The van der Waals surface area contributed by atoms with Gasteiger partial charge < -0.3 is 20.3 Å². The first-order chi connectivity index (χ1) is 19.4. The van der Waals surface area contributed by atoms with Crippen molar-refractivity contribution in [1.82, 2.24) is 9.80 Å². The Balaban J connectivity index is 1.74. The van der Waals surface area contributed by atoms with Crippen molar-refractivity contribution in [1.29, 1.82) is 0 Å². The number of amides is 2. The molecule has 4 rings (SSSR count). The lowest BCUT2D eigenvalue weighted by Gasteiger charge is -2.42. The molecule has 0 bridgehead atoms. The number of carbonyl (C=O) groups excluding carboxylic acids is 3. The molecular formula is C33H38FN3O4. The molecule has 41 heavy (non-hydrogen) atoms. The SMILES string of the molecule is COC(=O)c1ccc(CN(C(=O)C2Cc3ccccc3CN2C(=O)C(N)C(C)(C)C)C(C)c2ccc(F)cc2)cc1. The molecule has 3 aromatic rings. The highest BCUT2D eigenvalue weighted by Crippen LogP contribution is 2.31. The maximum atomic E-state index is 14.5. The van der Waals surface area contributed by atoms with E-state index in [0.717, 1.165) is 22.3 Å². The summed E-state index contributed by atoms with van der Waals surface area (Å²) in [5.41, 5.74) is 9.88. The predicted molar refractivity (Wildman–Crippen MR) is 155 cm³/mol. The molecule has 0 saturated carbocycles. The lowest BCUT2D eigenvalue weighted by atomic mass is 9.85. The average Bonchev–Trinajstić information content (AvgIpc) is 2.97. The second-order valence-corrected chi connectivity index (χ2v) is 11.7. The van der Waals surface area contributed by atoms with Crippen molar-refractivity contribution >= 4 is 17.8 Å². The number of esters is 1. The van der Waals surface area contributed by atoms with Crippen LogP contribution in [0.5, 0.6) is 0 Å². The first-order valence-electron chi connectivity index (χ1n) is 13.8. The number of rotatable bonds is 7. The molecule has 0 aliphatic carbocycles. The van der Waals surface area contributed by atoms with Crippen LogP contribution in [0, 0.1) is 11.2 Å². The summed E-state index contributed by atoms with van der Waals surface area (Å²) < 4.78 is 18.6. The van der Waals surface area contributed by atoms with Crippen LogP contribution < -0.4 is 5.73 Å². The Hall–Kier alpha value is -4.04. The van der Waals surface area contributed by atoms with Gasteiger partial charge in [0.1, 0.15) is 11.9 Å². The van der Waals surface area contributed by atoms with Crippen molar-refractivity contribution < 1.29 is 23.5 Å². The predicted octanol–water partition coefficient (Wildman–Crippen LogP) is 5.03.